The zero-order chi connectivity index (χ0) is 16.5. The maximum absolute atomic E-state index is 11.1. The van der Waals surface area contributed by atoms with Crippen molar-refractivity contribution in [2.45, 2.75) is 6.92 Å². The Kier molecular flexibility index (Phi) is 6.29. The molecule has 2 aromatic rings. The lowest BCUT2D eigenvalue weighted by atomic mass is 10.2. The van der Waals surface area contributed by atoms with E-state index in [0.717, 1.165) is 6.29 Å². The molecule has 0 fully saturated rings. The SMILES string of the molecule is CCOc1ccccc1OCCOc1c(C=O)cccc1OC. The molecule has 0 aromatic heterocycles. The van der Waals surface area contributed by atoms with Gasteiger partial charge < -0.3 is 18.9 Å². The molecule has 0 bridgehead atoms. The van der Waals surface area contributed by atoms with Gasteiger partial charge in [0, 0.05) is 0 Å². The molecule has 0 aliphatic rings. The minimum atomic E-state index is 0.279. The number of para-hydroxylation sites is 3. The molecule has 0 heterocycles. The molecular formula is C18H20O5. The molecule has 0 atom stereocenters. The summed E-state index contributed by atoms with van der Waals surface area (Å²) in [5.41, 5.74) is 0.444. The van der Waals surface area contributed by atoms with Crippen molar-refractivity contribution in [3.8, 4) is 23.0 Å². The highest BCUT2D eigenvalue weighted by atomic mass is 16.5. The van der Waals surface area contributed by atoms with Gasteiger partial charge in [0.25, 0.3) is 0 Å². The van der Waals surface area contributed by atoms with E-state index in [1.54, 1.807) is 18.2 Å². The zero-order valence-corrected chi connectivity index (χ0v) is 13.3. The van der Waals surface area contributed by atoms with Crippen molar-refractivity contribution in [3.63, 3.8) is 0 Å². The Balaban J connectivity index is 1.95. The molecule has 0 unspecified atom stereocenters. The monoisotopic (exact) mass is 316 g/mol. The highest BCUT2D eigenvalue weighted by Crippen LogP contribution is 2.30. The van der Waals surface area contributed by atoms with E-state index in [1.165, 1.54) is 7.11 Å². The van der Waals surface area contributed by atoms with Gasteiger partial charge >= 0.3 is 0 Å². The normalized spacial score (nSPS) is 10.0. The average Bonchev–Trinajstić information content (AvgIpc) is 2.60. The van der Waals surface area contributed by atoms with E-state index in [4.69, 9.17) is 18.9 Å². The lowest BCUT2D eigenvalue weighted by Crippen LogP contribution is -2.11. The van der Waals surface area contributed by atoms with Crippen LogP contribution in [0.15, 0.2) is 42.5 Å². The Labute approximate surface area is 135 Å². The van der Waals surface area contributed by atoms with E-state index in [9.17, 15) is 4.79 Å². The number of methoxy groups -OCH3 is 1. The van der Waals surface area contributed by atoms with E-state index in [2.05, 4.69) is 0 Å². The van der Waals surface area contributed by atoms with Crippen LogP contribution in [0.2, 0.25) is 0 Å². The average molecular weight is 316 g/mol. The quantitative estimate of drug-likeness (QED) is 0.524. The first-order chi connectivity index (χ1) is 11.3. The van der Waals surface area contributed by atoms with Gasteiger partial charge in [0.2, 0.25) is 0 Å². The van der Waals surface area contributed by atoms with Gasteiger partial charge in [-0.05, 0) is 31.2 Å². The summed E-state index contributed by atoms with van der Waals surface area (Å²) in [4.78, 5) is 11.1. The molecule has 23 heavy (non-hydrogen) atoms. The highest BCUT2D eigenvalue weighted by molar-refractivity contribution is 5.81. The third-order valence-electron chi connectivity index (χ3n) is 3.09. The summed E-state index contributed by atoms with van der Waals surface area (Å²) in [6.45, 7) is 3.09. The molecule has 0 aliphatic carbocycles. The molecular weight excluding hydrogens is 296 g/mol. The molecule has 0 saturated heterocycles. The largest absolute Gasteiger partial charge is 0.493 e. The number of benzene rings is 2. The fourth-order valence-electron chi connectivity index (χ4n) is 2.08. The van der Waals surface area contributed by atoms with Crippen molar-refractivity contribution in [1.29, 1.82) is 0 Å². The van der Waals surface area contributed by atoms with Gasteiger partial charge in [-0.25, -0.2) is 0 Å². The van der Waals surface area contributed by atoms with Crippen LogP contribution in [-0.2, 0) is 0 Å². The first-order valence-corrected chi connectivity index (χ1v) is 7.39. The van der Waals surface area contributed by atoms with Crippen LogP contribution >= 0.6 is 0 Å². The molecule has 122 valence electrons. The smallest absolute Gasteiger partial charge is 0.171 e. The van der Waals surface area contributed by atoms with Crippen LogP contribution < -0.4 is 18.9 Å². The van der Waals surface area contributed by atoms with Crippen LogP contribution in [0.4, 0.5) is 0 Å². The van der Waals surface area contributed by atoms with Gasteiger partial charge in [-0.15, -0.1) is 0 Å². The number of carbonyl (C=O) groups is 1. The van der Waals surface area contributed by atoms with Crippen LogP contribution in [0.3, 0.4) is 0 Å². The van der Waals surface area contributed by atoms with Crippen LogP contribution in [0.5, 0.6) is 23.0 Å². The molecule has 2 rings (SSSR count). The molecule has 0 saturated carbocycles. The van der Waals surface area contributed by atoms with Gasteiger partial charge in [0.15, 0.2) is 29.3 Å². The van der Waals surface area contributed by atoms with Crippen molar-refractivity contribution in [1.82, 2.24) is 0 Å². The van der Waals surface area contributed by atoms with Crippen LogP contribution in [0.25, 0.3) is 0 Å². The number of ether oxygens (including phenoxy) is 4. The van der Waals surface area contributed by atoms with Gasteiger partial charge in [-0.1, -0.05) is 18.2 Å². The second-order valence-electron chi connectivity index (χ2n) is 4.57. The third-order valence-corrected chi connectivity index (χ3v) is 3.09. The summed E-state index contributed by atoms with van der Waals surface area (Å²) in [5.74, 6) is 2.30. The summed E-state index contributed by atoms with van der Waals surface area (Å²) in [6, 6.07) is 12.6. The van der Waals surface area contributed by atoms with E-state index < -0.39 is 0 Å². The first kappa shape index (κ1) is 16.7. The summed E-state index contributed by atoms with van der Waals surface area (Å²) in [7, 11) is 1.53. The molecule has 2 aromatic carbocycles. The number of aldehydes is 1. The van der Waals surface area contributed by atoms with Crippen molar-refractivity contribution in [2.24, 2.45) is 0 Å². The summed E-state index contributed by atoms with van der Waals surface area (Å²) < 4.78 is 22.0. The zero-order valence-electron chi connectivity index (χ0n) is 13.3. The molecule has 0 aliphatic heterocycles. The van der Waals surface area contributed by atoms with E-state index in [1.807, 2.05) is 31.2 Å². The Morgan fingerprint density at radius 2 is 1.52 bits per heavy atom. The Bertz CT molecular complexity index is 639. The van der Waals surface area contributed by atoms with E-state index >= 15 is 0 Å². The van der Waals surface area contributed by atoms with E-state index in [0.29, 0.717) is 41.8 Å². The standard InChI is InChI=1S/C18H20O5/c1-3-21-15-8-4-5-9-16(15)22-11-12-23-18-14(13-19)7-6-10-17(18)20-2/h4-10,13H,3,11-12H2,1-2H3. The fourth-order valence-corrected chi connectivity index (χ4v) is 2.08. The van der Waals surface area contributed by atoms with Gasteiger partial charge in [-0.2, -0.15) is 0 Å². The molecule has 0 amide bonds. The van der Waals surface area contributed by atoms with Gasteiger partial charge in [0.05, 0.1) is 19.3 Å². The molecule has 5 nitrogen and oxygen atoms in total. The second kappa shape index (κ2) is 8.68. The van der Waals surface area contributed by atoms with Crippen molar-refractivity contribution in [3.05, 3.63) is 48.0 Å². The van der Waals surface area contributed by atoms with Crippen LogP contribution in [0.1, 0.15) is 17.3 Å². The van der Waals surface area contributed by atoms with Crippen molar-refractivity contribution in [2.75, 3.05) is 26.9 Å². The number of hydrogen-bond donors (Lipinski definition) is 0. The number of hydrogen-bond acceptors (Lipinski definition) is 5. The maximum Gasteiger partial charge on any atom is 0.171 e. The molecule has 0 N–H and O–H groups in total. The minimum Gasteiger partial charge on any atom is -0.493 e. The minimum absolute atomic E-state index is 0.279. The Morgan fingerprint density at radius 3 is 2.17 bits per heavy atom. The molecule has 5 heteroatoms. The van der Waals surface area contributed by atoms with Crippen LogP contribution in [-0.4, -0.2) is 33.2 Å². The third kappa shape index (κ3) is 4.39. The molecule has 0 radical (unpaired) electrons. The van der Waals surface area contributed by atoms with E-state index in [-0.39, 0.29) is 6.61 Å². The van der Waals surface area contributed by atoms with Crippen molar-refractivity contribution < 1.29 is 23.7 Å². The van der Waals surface area contributed by atoms with Crippen molar-refractivity contribution >= 4 is 6.29 Å². The highest BCUT2D eigenvalue weighted by Gasteiger charge is 2.10. The van der Waals surface area contributed by atoms with Crippen LogP contribution in [0, 0.1) is 0 Å². The summed E-state index contributed by atoms with van der Waals surface area (Å²) in [6.07, 6.45) is 0.739. The lowest BCUT2D eigenvalue weighted by molar-refractivity contribution is 0.111. The first-order valence-electron chi connectivity index (χ1n) is 7.39. The second-order valence-corrected chi connectivity index (χ2v) is 4.57. The van der Waals surface area contributed by atoms with Gasteiger partial charge in [0.1, 0.15) is 13.2 Å². The fraction of sp³-hybridized carbons (Fsp3) is 0.278. The van der Waals surface area contributed by atoms with Gasteiger partial charge in [-0.3, -0.25) is 4.79 Å². The summed E-state index contributed by atoms with van der Waals surface area (Å²) >= 11 is 0. The maximum atomic E-state index is 11.1. The Hall–Kier alpha value is -2.69. The predicted octanol–water partition coefficient (Wildman–Crippen LogP) is 3.36. The predicted molar refractivity (Wildman–Crippen MR) is 87.0 cm³/mol. The number of rotatable bonds is 9. The Morgan fingerprint density at radius 1 is 0.870 bits per heavy atom. The summed E-state index contributed by atoms with van der Waals surface area (Å²) in [5, 5.41) is 0. The topological polar surface area (TPSA) is 54.0 Å². The lowest BCUT2D eigenvalue weighted by Gasteiger charge is -2.14. The molecule has 0 spiro atoms. The number of carbonyl (C=O) groups excluding carboxylic acids is 1.